The zero-order chi connectivity index (χ0) is 64.3. The Morgan fingerprint density at radius 3 is 1.38 bits per heavy atom. The van der Waals surface area contributed by atoms with Crippen LogP contribution in [0.15, 0.2) is 121 Å². The lowest BCUT2D eigenvalue weighted by atomic mass is 9.79. The largest absolute Gasteiger partial charge is 0.748 e. The SMILES string of the molecule is CC(C)(C)OC(=O)CCOCCOCCOCCOCCOCCOCCOCCOCCOCCOCCOCCOCCN1\C(=C/C=C/C=C/C=C/C2=[N+](CCCCS(=O)(=O)[O-])c3ccc4ccccc4c3C2(C)C)C(C)(C)c2c1ccc1ccccc21. The molecule has 4 aromatic rings. The number of esters is 1. The van der Waals surface area contributed by atoms with Gasteiger partial charge < -0.3 is 71.0 Å². The first-order chi connectivity index (χ1) is 43.5. The van der Waals surface area contributed by atoms with Crippen molar-refractivity contribution in [2.24, 2.45) is 0 Å². The summed E-state index contributed by atoms with van der Waals surface area (Å²) in [7, 11) is -4.27. The predicted molar refractivity (Wildman–Crippen MR) is 351 cm³/mol. The van der Waals surface area contributed by atoms with Crippen molar-refractivity contribution >= 4 is 54.7 Å². The molecule has 498 valence electrons. The first-order valence-electron chi connectivity index (χ1n) is 31.8. The minimum atomic E-state index is -4.27. The molecule has 0 radical (unpaired) electrons. The lowest BCUT2D eigenvalue weighted by molar-refractivity contribution is -0.438. The average molecular weight is 1270 g/mol. The van der Waals surface area contributed by atoms with E-state index in [4.69, 9.17) is 61.6 Å². The highest BCUT2D eigenvalue weighted by Crippen LogP contribution is 2.51. The van der Waals surface area contributed by atoms with E-state index >= 15 is 0 Å². The van der Waals surface area contributed by atoms with Crippen LogP contribution in [0.25, 0.3) is 21.5 Å². The fourth-order valence-corrected chi connectivity index (χ4v) is 11.4. The number of hydrogen-bond donors (Lipinski definition) is 0. The summed E-state index contributed by atoms with van der Waals surface area (Å²) in [6.07, 6.45) is 15.8. The maximum absolute atomic E-state index is 11.6. The third-order valence-corrected chi connectivity index (χ3v) is 15.7. The maximum atomic E-state index is 11.6. The Balaban J connectivity index is 0.763. The van der Waals surface area contributed by atoms with Crippen molar-refractivity contribution in [1.82, 2.24) is 0 Å². The van der Waals surface area contributed by atoms with Gasteiger partial charge in [-0.1, -0.05) is 98.8 Å². The second-order valence-electron chi connectivity index (χ2n) is 23.6. The monoisotopic (exact) mass is 1270 g/mol. The van der Waals surface area contributed by atoms with E-state index < -0.39 is 15.7 Å². The molecule has 0 fully saturated rings. The Bertz CT molecular complexity index is 3040. The average Bonchev–Trinajstić information content (AvgIpc) is 1.58. The number of hydrogen-bond acceptors (Lipinski definition) is 18. The summed E-state index contributed by atoms with van der Waals surface area (Å²) < 4.78 is 109. The van der Waals surface area contributed by atoms with Gasteiger partial charge >= 0.3 is 5.97 Å². The zero-order valence-electron chi connectivity index (χ0n) is 54.4. The van der Waals surface area contributed by atoms with Gasteiger partial charge in [-0.25, -0.2) is 8.42 Å². The van der Waals surface area contributed by atoms with Crippen molar-refractivity contribution in [1.29, 1.82) is 0 Å². The van der Waals surface area contributed by atoms with Crippen molar-refractivity contribution in [3.05, 3.63) is 132 Å². The molecule has 0 N–H and O–H groups in total. The molecule has 90 heavy (non-hydrogen) atoms. The molecule has 0 amide bonds. The summed E-state index contributed by atoms with van der Waals surface area (Å²) in [6, 6.07) is 25.7. The Kier molecular flexibility index (Phi) is 32.8. The summed E-state index contributed by atoms with van der Waals surface area (Å²) in [5.41, 5.74) is 6.08. The first kappa shape index (κ1) is 73.8. The molecule has 0 aliphatic carbocycles. The lowest BCUT2D eigenvalue weighted by Crippen LogP contribution is -2.29. The highest BCUT2D eigenvalue weighted by atomic mass is 32.2. The van der Waals surface area contributed by atoms with Crippen LogP contribution in [-0.2, 0) is 87.3 Å². The summed E-state index contributed by atoms with van der Waals surface area (Å²) in [5.74, 6) is -0.633. The van der Waals surface area contributed by atoms with Crippen molar-refractivity contribution in [2.75, 3.05) is 182 Å². The third kappa shape index (κ3) is 25.7. The molecule has 2 aliphatic heterocycles. The molecule has 4 aromatic carbocycles. The number of anilines is 1. The van der Waals surface area contributed by atoms with E-state index in [1.54, 1.807) is 0 Å². The van der Waals surface area contributed by atoms with E-state index in [1.807, 2.05) is 32.9 Å². The molecule has 0 atom stereocenters. The van der Waals surface area contributed by atoms with Gasteiger partial charge in [-0.2, -0.15) is 4.58 Å². The number of benzene rings is 4. The van der Waals surface area contributed by atoms with Crippen molar-refractivity contribution in [3.8, 4) is 0 Å². The number of fused-ring (bicyclic) bond motifs is 6. The number of unbranched alkanes of at least 4 members (excludes halogenated alkanes) is 1. The van der Waals surface area contributed by atoms with Gasteiger partial charge in [-0.15, -0.1) is 0 Å². The zero-order valence-corrected chi connectivity index (χ0v) is 55.2. The molecule has 0 aromatic heterocycles. The van der Waals surface area contributed by atoms with Crippen LogP contribution in [0.3, 0.4) is 0 Å². The summed E-state index contributed by atoms with van der Waals surface area (Å²) in [4.78, 5) is 14.0. The highest BCUT2D eigenvalue weighted by molar-refractivity contribution is 7.85. The van der Waals surface area contributed by atoms with Crippen LogP contribution < -0.4 is 4.90 Å². The molecule has 0 spiro atoms. The van der Waals surface area contributed by atoms with Crippen molar-refractivity contribution in [3.63, 3.8) is 0 Å². The van der Waals surface area contributed by atoms with Crippen LogP contribution in [0.5, 0.6) is 0 Å². The smallest absolute Gasteiger partial charge is 0.308 e. The van der Waals surface area contributed by atoms with Gasteiger partial charge in [0, 0.05) is 53.2 Å². The van der Waals surface area contributed by atoms with E-state index in [1.165, 1.54) is 44.1 Å². The van der Waals surface area contributed by atoms with Gasteiger partial charge in [0.15, 0.2) is 5.71 Å². The molecular weight excluding hydrogens is 1170 g/mol. The standard InChI is InChI=1S/C70H100N2O17S/c1-68(2,3)89-65(73)29-32-77-34-36-79-38-40-81-42-44-83-46-48-85-50-52-87-54-55-88-53-51-86-49-47-84-45-43-82-41-39-80-37-35-78-33-31-72-62-28-26-58-20-14-16-22-60(58)67(62)70(6,7)64(72)24-12-10-8-9-11-23-63-69(4,5)66-59-21-15-13-19-57(59)25-27-61(66)71(63)30-17-18-56-90(74,75)76/h8-16,19-28H,17-18,29-56H2,1-7H3. The van der Waals surface area contributed by atoms with Gasteiger partial charge in [-0.05, 0) is 86.4 Å². The van der Waals surface area contributed by atoms with E-state index in [0.717, 1.165) is 11.4 Å². The van der Waals surface area contributed by atoms with E-state index in [0.29, 0.717) is 184 Å². The Morgan fingerprint density at radius 1 is 0.500 bits per heavy atom. The molecule has 2 heterocycles. The molecule has 20 heteroatoms. The van der Waals surface area contributed by atoms with Gasteiger partial charge in [0.05, 0.1) is 181 Å². The van der Waals surface area contributed by atoms with Gasteiger partial charge in [0.25, 0.3) is 0 Å². The fraction of sp³-hybridized carbons (Fsp3) is 0.571. The van der Waals surface area contributed by atoms with Gasteiger partial charge in [0.1, 0.15) is 12.1 Å². The van der Waals surface area contributed by atoms with Crippen LogP contribution in [0.4, 0.5) is 11.4 Å². The minimum absolute atomic E-state index is 0.221. The normalized spacial score (nSPS) is 15.3. The topological polar surface area (TPSA) is 201 Å². The summed E-state index contributed by atoms with van der Waals surface area (Å²) in [5, 5.41) is 4.83. The molecule has 6 rings (SSSR count). The van der Waals surface area contributed by atoms with Crippen LogP contribution in [-0.4, -0.2) is 212 Å². The van der Waals surface area contributed by atoms with Crippen LogP contribution >= 0.6 is 0 Å². The number of allylic oxidation sites excluding steroid dienone is 8. The second kappa shape index (κ2) is 40.0. The molecular formula is C70H100N2O17S. The van der Waals surface area contributed by atoms with E-state index in [-0.39, 0.29) is 29.0 Å². The third-order valence-electron chi connectivity index (χ3n) is 14.9. The Labute approximate surface area is 534 Å². The molecule has 0 saturated carbocycles. The lowest BCUT2D eigenvalue weighted by Gasteiger charge is -2.27. The molecule has 2 aliphatic rings. The van der Waals surface area contributed by atoms with E-state index in [2.05, 4.69) is 140 Å². The molecule has 0 unspecified atom stereocenters. The Hall–Kier alpha value is -5.27. The number of rotatable bonds is 48. The van der Waals surface area contributed by atoms with Crippen LogP contribution in [0.2, 0.25) is 0 Å². The van der Waals surface area contributed by atoms with Crippen LogP contribution in [0.1, 0.15) is 78.9 Å². The van der Waals surface area contributed by atoms with Gasteiger partial charge in [0.2, 0.25) is 5.69 Å². The van der Waals surface area contributed by atoms with Crippen molar-refractivity contribution in [2.45, 2.75) is 84.2 Å². The number of carbonyl (C=O) groups is 1. The number of carbonyl (C=O) groups excluding carboxylic acids is 1. The quantitative estimate of drug-likeness (QED) is 0.0133. The first-order valence-corrected chi connectivity index (χ1v) is 33.3. The Morgan fingerprint density at radius 2 is 0.911 bits per heavy atom. The second-order valence-corrected chi connectivity index (χ2v) is 25.2. The molecule has 0 bridgehead atoms. The molecule has 0 saturated heterocycles. The number of ether oxygens (including phenoxy) is 13. The predicted octanol–water partition coefficient (Wildman–Crippen LogP) is 9.98. The maximum Gasteiger partial charge on any atom is 0.308 e. The molecule has 19 nitrogen and oxygen atoms in total. The minimum Gasteiger partial charge on any atom is -0.748 e. The summed E-state index contributed by atoms with van der Waals surface area (Å²) in [6.45, 7) is 26.9. The number of nitrogens with zero attached hydrogens (tertiary/aromatic N) is 2. The fourth-order valence-electron chi connectivity index (χ4n) is 10.8. The highest BCUT2D eigenvalue weighted by Gasteiger charge is 2.45. The van der Waals surface area contributed by atoms with Gasteiger partial charge in [-0.3, -0.25) is 4.79 Å². The van der Waals surface area contributed by atoms with Crippen LogP contribution in [0, 0.1) is 0 Å². The van der Waals surface area contributed by atoms with E-state index in [9.17, 15) is 17.8 Å². The van der Waals surface area contributed by atoms with Crippen molar-refractivity contribution < 1.29 is 83.9 Å². The summed E-state index contributed by atoms with van der Waals surface area (Å²) >= 11 is 0.